The van der Waals surface area contributed by atoms with Gasteiger partial charge < -0.3 is 15.7 Å². The first kappa shape index (κ1) is 15.1. The number of hydrogen-bond donors (Lipinski definition) is 2. The fourth-order valence-electron chi connectivity index (χ4n) is 2.14. The Bertz CT molecular complexity index is 603. The number of anilines is 1. The SMILES string of the molecule is CCCN(CCO)C(=O)c1ccn(-c2ccccc2N)n1. The molecule has 21 heavy (non-hydrogen) atoms. The summed E-state index contributed by atoms with van der Waals surface area (Å²) in [6.07, 6.45) is 2.54. The molecule has 0 radical (unpaired) electrons. The van der Waals surface area contributed by atoms with E-state index in [0.29, 0.717) is 24.5 Å². The van der Waals surface area contributed by atoms with E-state index in [1.165, 1.54) is 0 Å². The molecule has 2 rings (SSSR count). The van der Waals surface area contributed by atoms with Crippen molar-refractivity contribution in [1.29, 1.82) is 0 Å². The van der Waals surface area contributed by atoms with Crippen molar-refractivity contribution in [3.8, 4) is 5.69 Å². The highest BCUT2D eigenvalue weighted by Gasteiger charge is 2.17. The van der Waals surface area contributed by atoms with Gasteiger partial charge in [0.15, 0.2) is 5.69 Å². The van der Waals surface area contributed by atoms with E-state index >= 15 is 0 Å². The van der Waals surface area contributed by atoms with Crippen LogP contribution in [0.5, 0.6) is 0 Å². The number of aliphatic hydroxyl groups excluding tert-OH is 1. The first-order valence-corrected chi connectivity index (χ1v) is 6.98. The molecule has 0 aliphatic carbocycles. The van der Waals surface area contributed by atoms with Crippen LogP contribution < -0.4 is 5.73 Å². The van der Waals surface area contributed by atoms with E-state index in [2.05, 4.69) is 5.10 Å². The Labute approximate surface area is 123 Å². The van der Waals surface area contributed by atoms with Crippen LogP contribution in [0.1, 0.15) is 23.8 Å². The van der Waals surface area contributed by atoms with E-state index in [4.69, 9.17) is 10.8 Å². The van der Waals surface area contributed by atoms with Crippen molar-refractivity contribution in [1.82, 2.24) is 14.7 Å². The molecule has 0 saturated carbocycles. The second kappa shape index (κ2) is 6.90. The van der Waals surface area contributed by atoms with E-state index < -0.39 is 0 Å². The smallest absolute Gasteiger partial charge is 0.274 e. The van der Waals surface area contributed by atoms with Gasteiger partial charge in [-0.05, 0) is 24.6 Å². The average Bonchev–Trinajstić information content (AvgIpc) is 2.96. The van der Waals surface area contributed by atoms with Crippen LogP contribution >= 0.6 is 0 Å². The van der Waals surface area contributed by atoms with Crippen LogP contribution in [0.15, 0.2) is 36.5 Å². The van der Waals surface area contributed by atoms with Gasteiger partial charge >= 0.3 is 0 Å². The lowest BCUT2D eigenvalue weighted by molar-refractivity contribution is 0.0715. The first-order chi connectivity index (χ1) is 10.2. The third-order valence-corrected chi connectivity index (χ3v) is 3.14. The van der Waals surface area contributed by atoms with Gasteiger partial charge in [-0.2, -0.15) is 5.10 Å². The molecule has 2 aromatic rings. The summed E-state index contributed by atoms with van der Waals surface area (Å²) in [5, 5.41) is 13.3. The Morgan fingerprint density at radius 1 is 1.33 bits per heavy atom. The van der Waals surface area contributed by atoms with Gasteiger partial charge in [0.1, 0.15) is 0 Å². The summed E-state index contributed by atoms with van der Waals surface area (Å²) in [5.41, 5.74) is 7.59. The van der Waals surface area contributed by atoms with Gasteiger partial charge in [0.2, 0.25) is 0 Å². The van der Waals surface area contributed by atoms with Crippen molar-refractivity contribution < 1.29 is 9.90 Å². The number of nitrogens with zero attached hydrogens (tertiary/aromatic N) is 3. The maximum Gasteiger partial charge on any atom is 0.274 e. The molecule has 0 bridgehead atoms. The van der Waals surface area contributed by atoms with Gasteiger partial charge in [-0.25, -0.2) is 4.68 Å². The van der Waals surface area contributed by atoms with Crippen LogP contribution in [0.4, 0.5) is 5.69 Å². The Hall–Kier alpha value is -2.34. The molecule has 0 atom stereocenters. The second-order valence-electron chi connectivity index (χ2n) is 4.72. The zero-order chi connectivity index (χ0) is 15.2. The van der Waals surface area contributed by atoms with E-state index in [1.54, 1.807) is 27.9 Å². The van der Waals surface area contributed by atoms with Crippen LogP contribution in [0.2, 0.25) is 0 Å². The summed E-state index contributed by atoms with van der Waals surface area (Å²) in [5.74, 6) is -0.181. The highest BCUT2D eigenvalue weighted by Crippen LogP contribution is 2.16. The highest BCUT2D eigenvalue weighted by atomic mass is 16.3. The lowest BCUT2D eigenvalue weighted by Crippen LogP contribution is -2.34. The Balaban J connectivity index is 2.23. The Kier molecular flexibility index (Phi) is 4.94. The molecule has 6 heteroatoms. The number of hydrogen-bond acceptors (Lipinski definition) is 4. The number of carbonyl (C=O) groups is 1. The van der Waals surface area contributed by atoms with E-state index in [9.17, 15) is 4.79 Å². The number of rotatable bonds is 6. The molecule has 0 saturated heterocycles. The summed E-state index contributed by atoms with van der Waals surface area (Å²) in [4.78, 5) is 14.0. The minimum atomic E-state index is -0.181. The van der Waals surface area contributed by atoms with Crippen molar-refractivity contribution in [3.63, 3.8) is 0 Å². The maximum absolute atomic E-state index is 12.4. The van der Waals surface area contributed by atoms with Gasteiger partial charge in [-0.1, -0.05) is 19.1 Å². The Morgan fingerprint density at radius 2 is 2.10 bits per heavy atom. The van der Waals surface area contributed by atoms with Gasteiger partial charge in [0.25, 0.3) is 5.91 Å². The van der Waals surface area contributed by atoms with Crippen LogP contribution in [0.25, 0.3) is 5.69 Å². The number of amides is 1. The summed E-state index contributed by atoms with van der Waals surface area (Å²) in [6.45, 7) is 2.84. The molecule has 3 N–H and O–H groups in total. The predicted octanol–water partition coefficient (Wildman–Crippen LogP) is 1.30. The molecule has 1 amide bonds. The number of carbonyl (C=O) groups excluding carboxylic acids is 1. The van der Waals surface area contributed by atoms with E-state index in [-0.39, 0.29) is 12.5 Å². The Morgan fingerprint density at radius 3 is 2.76 bits per heavy atom. The van der Waals surface area contributed by atoms with Crippen molar-refractivity contribution in [3.05, 3.63) is 42.2 Å². The zero-order valence-electron chi connectivity index (χ0n) is 12.1. The molecule has 1 heterocycles. The molecule has 0 fully saturated rings. The highest BCUT2D eigenvalue weighted by molar-refractivity contribution is 5.92. The standard InChI is InChI=1S/C15H20N4O2/c1-2-8-18(10-11-20)15(21)13-7-9-19(17-13)14-6-4-3-5-12(14)16/h3-7,9,20H,2,8,10-11,16H2,1H3. The van der Waals surface area contributed by atoms with E-state index in [1.807, 2.05) is 25.1 Å². The average molecular weight is 288 g/mol. The molecule has 112 valence electrons. The number of benzene rings is 1. The maximum atomic E-state index is 12.4. The van der Waals surface area contributed by atoms with Crippen LogP contribution in [-0.2, 0) is 0 Å². The predicted molar refractivity (Wildman–Crippen MR) is 81.3 cm³/mol. The third-order valence-electron chi connectivity index (χ3n) is 3.14. The first-order valence-electron chi connectivity index (χ1n) is 6.98. The molecule has 1 aromatic carbocycles. The minimum absolute atomic E-state index is 0.0575. The van der Waals surface area contributed by atoms with Gasteiger partial charge in [-0.3, -0.25) is 4.79 Å². The zero-order valence-corrected chi connectivity index (χ0v) is 12.1. The van der Waals surface area contributed by atoms with Crippen LogP contribution in [0.3, 0.4) is 0 Å². The van der Waals surface area contributed by atoms with Gasteiger partial charge in [-0.15, -0.1) is 0 Å². The summed E-state index contributed by atoms with van der Waals surface area (Å²) >= 11 is 0. The number of nitrogens with two attached hydrogens (primary N) is 1. The van der Waals surface area contributed by atoms with E-state index in [0.717, 1.165) is 12.1 Å². The summed E-state index contributed by atoms with van der Waals surface area (Å²) in [7, 11) is 0. The topological polar surface area (TPSA) is 84.4 Å². The number of nitrogen functional groups attached to an aromatic ring is 1. The second-order valence-corrected chi connectivity index (χ2v) is 4.72. The molecular weight excluding hydrogens is 268 g/mol. The molecule has 0 spiro atoms. The van der Waals surface area contributed by atoms with Crippen molar-refractivity contribution in [2.45, 2.75) is 13.3 Å². The summed E-state index contributed by atoms with van der Waals surface area (Å²) < 4.78 is 1.59. The van der Waals surface area contributed by atoms with Crippen molar-refractivity contribution in [2.24, 2.45) is 0 Å². The van der Waals surface area contributed by atoms with Crippen molar-refractivity contribution >= 4 is 11.6 Å². The monoisotopic (exact) mass is 288 g/mol. The molecule has 1 aromatic heterocycles. The molecule has 0 aliphatic heterocycles. The molecule has 0 unspecified atom stereocenters. The minimum Gasteiger partial charge on any atom is -0.397 e. The third kappa shape index (κ3) is 3.41. The van der Waals surface area contributed by atoms with Crippen LogP contribution in [-0.4, -0.2) is 45.4 Å². The fraction of sp³-hybridized carbons (Fsp3) is 0.333. The molecule has 6 nitrogen and oxygen atoms in total. The largest absolute Gasteiger partial charge is 0.397 e. The normalized spacial score (nSPS) is 10.6. The van der Waals surface area contributed by atoms with Gasteiger partial charge in [0, 0.05) is 19.3 Å². The lowest BCUT2D eigenvalue weighted by Gasteiger charge is -2.19. The van der Waals surface area contributed by atoms with Crippen molar-refractivity contribution in [2.75, 3.05) is 25.4 Å². The quantitative estimate of drug-likeness (QED) is 0.785. The molecule has 0 aliphatic rings. The number of para-hydroxylation sites is 2. The molecular formula is C15H20N4O2. The van der Waals surface area contributed by atoms with Crippen LogP contribution in [0, 0.1) is 0 Å². The number of aromatic nitrogens is 2. The lowest BCUT2D eigenvalue weighted by atomic mass is 10.3. The fourth-order valence-corrected chi connectivity index (χ4v) is 2.14. The van der Waals surface area contributed by atoms with Gasteiger partial charge in [0.05, 0.1) is 18.0 Å². The number of aliphatic hydroxyl groups is 1. The summed E-state index contributed by atoms with van der Waals surface area (Å²) in [6, 6.07) is 9.00.